The largest absolute Gasteiger partial charge is 0.294 e. The molecule has 0 unspecified atom stereocenters. The predicted octanol–water partition coefficient (Wildman–Crippen LogP) is 2.96. The molecule has 0 atom stereocenters. The Morgan fingerprint density at radius 3 is 2.30 bits per heavy atom. The standard InChI is InChI=1S/C16H19NO3/c1-16(2,3)10-13(18)11-5-4-6-12(9-11)17-14(19)7-8-15(17)20/h4-6,9H,7-8,10H2,1-3H3. The van der Waals surface area contributed by atoms with E-state index in [0.717, 1.165) is 0 Å². The number of imide groups is 1. The molecule has 0 bridgehead atoms. The number of hydrogen-bond donors (Lipinski definition) is 0. The van der Waals surface area contributed by atoms with Gasteiger partial charge in [-0.2, -0.15) is 0 Å². The molecule has 4 heteroatoms. The van der Waals surface area contributed by atoms with Crippen LogP contribution in [0.4, 0.5) is 5.69 Å². The van der Waals surface area contributed by atoms with Gasteiger partial charge in [-0.25, -0.2) is 0 Å². The Labute approximate surface area is 118 Å². The summed E-state index contributed by atoms with van der Waals surface area (Å²) in [6.07, 6.45) is 0.927. The zero-order valence-corrected chi connectivity index (χ0v) is 12.1. The van der Waals surface area contributed by atoms with Crippen LogP contribution in [0.15, 0.2) is 24.3 Å². The van der Waals surface area contributed by atoms with E-state index in [1.54, 1.807) is 24.3 Å². The van der Waals surface area contributed by atoms with Gasteiger partial charge in [0.25, 0.3) is 0 Å². The van der Waals surface area contributed by atoms with Crippen molar-refractivity contribution in [2.45, 2.75) is 40.0 Å². The van der Waals surface area contributed by atoms with Gasteiger partial charge in [0.15, 0.2) is 5.78 Å². The average Bonchev–Trinajstić information content (AvgIpc) is 2.67. The highest BCUT2D eigenvalue weighted by Crippen LogP contribution is 2.26. The fraction of sp³-hybridized carbons (Fsp3) is 0.438. The van der Waals surface area contributed by atoms with E-state index < -0.39 is 0 Å². The first-order chi connectivity index (χ1) is 9.28. The molecule has 2 rings (SSSR count). The third-order valence-electron chi connectivity index (χ3n) is 3.17. The first-order valence-corrected chi connectivity index (χ1v) is 6.77. The van der Waals surface area contributed by atoms with Crippen molar-refractivity contribution in [1.29, 1.82) is 0 Å². The maximum Gasteiger partial charge on any atom is 0.234 e. The Morgan fingerprint density at radius 2 is 1.75 bits per heavy atom. The lowest BCUT2D eigenvalue weighted by Gasteiger charge is -2.18. The molecule has 1 aromatic carbocycles. The summed E-state index contributed by atoms with van der Waals surface area (Å²) >= 11 is 0. The number of amides is 2. The maximum atomic E-state index is 12.2. The molecule has 0 saturated carbocycles. The summed E-state index contributed by atoms with van der Waals surface area (Å²) in [5, 5.41) is 0. The lowest BCUT2D eigenvalue weighted by molar-refractivity contribution is -0.121. The first-order valence-electron chi connectivity index (χ1n) is 6.77. The second kappa shape index (κ2) is 5.19. The lowest BCUT2D eigenvalue weighted by Crippen LogP contribution is -2.28. The predicted molar refractivity (Wildman–Crippen MR) is 76.6 cm³/mol. The smallest absolute Gasteiger partial charge is 0.234 e. The van der Waals surface area contributed by atoms with Crippen LogP contribution in [0, 0.1) is 5.41 Å². The minimum Gasteiger partial charge on any atom is -0.294 e. The second-order valence-electron chi connectivity index (χ2n) is 6.33. The number of anilines is 1. The fourth-order valence-corrected chi connectivity index (χ4v) is 2.27. The third-order valence-corrected chi connectivity index (χ3v) is 3.17. The van der Waals surface area contributed by atoms with Crippen LogP contribution in [0.25, 0.3) is 0 Å². The minimum atomic E-state index is -0.199. The van der Waals surface area contributed by atoms with Crippen LogP contribution in [0.3, 0.4) is 0 Å². The van der Waals surface area contributed by atoms with E-state index in [2.05, 4.69) is 0 Å². The van der Waals surface area contributed by atoms with E-state index in [9.17, 15) is 14.4 Å². The molecular weight excluding hydrogens is 254 g/mol. The molecule has 0 N–H and O–H groups in total. The number of hydrogen-bond acceptors (Lipinski definition) is 3. The molecule has 20 heavy (non-hydrogen) atoms. The van der Waals surface area contributed by atoms with Crippen molar-refractivity contribution in [2.24, 2.45) is 5.41 Å². The highest BCUT2D eigenvalue weighted by molar-refractivity contribution is 6.20. The normalized spacial score (nSPS) is 15.8. The number of benzene rings is 1. The van der Waals surface area contributed by atoms with Crippen LogP contribution in [0.5, 0.6) is 0 Å². The number of carbonyl (C=O) groups is 3. The number of Topliss-reactive ketones (excluding diaryl/α,β-unsaturated/α-hetero) is 1. The van der Waals surface area contributed by atoms with Crippen molar-refractivity contribution in [1.82, 2.24) is 0 Å². The summed E-state index contributed by atoms with van der Waals surface area (Å²) in [5.74, 6) is -0.371. The minimum absolute atomic E-state index is 0.0263. The highest BCUT2D eigenvalue weighted by Gasteiger charge is 2.30. The molecule has 2 amide bonds. The van der Waals surface area contributed by atoms with E-state index in [1.807, 2.05) is 20.8 Å². The molecule has 1 aliphatic heterocycles. The van der Waals surface area contributed by atoms with E-state index in [1.165, 1.54) is 4.90 Å². The molecule has 1 saturated heterocycles. The molecule has 0 radical (unpaired) electrons. The lowest BCUT2D eigenvalue weighted by atomic mass is 9.88. The summed E-state index contributed by atoms with van der Waals surface area (Å²) in [7, 11) is 0. The SMILES string of the molecule is CC(C)(C)CC(=O)c1cccc(N2C(=O)CCC2=O)c1. The topological polar surface area (TPSA) is 54.5 Å². The number of ketones is 1. The summed E-state index contributed by atoms with van der Waals surface area (Å²) in [4.78, 5) is 36.8. The Hall–Kier alpha value is -1.97. The maximum absolute atomic E-state index is 12.2. The summed E-state index contributed by atoms with van der Waals surface area (Å²) in [6.45, 7) is 6.01. The molecule has 0 aliphatic carbocycles. The zero-order valence-electron chi connectivity index (χ0n) is 12.1. The van der Waals surface area contributed by atoms with Crippen molar-refractivity contribution in [2.75, 3.05) is 4.90 Å². The van der Waals surface area contributed by atoms with Gasteiger partial charge in [-0.15, -0.1) is 0 Å². The van der Waals surface area contributed by atoms with Gasteiger partial charge in [-0.3, -0.25) is 19.3 Å². The third kappa shape index (κ3) is 3.13. The van der Waals surface area contributed by atoms with Crippen molar-refractivity contribution < 1.29 is 14.4 Å². The van der Waals surface area contributed by atoms with Crippen LogP contribution >= 0.6 is 0 Å². The molecular formula is C16H19NO3. The molecule has 106 valence electrons. The van der Waals surface area contributed by atoms with Gasteiger partial charge in [0.1, 0.15) is 0 Å². The second-order valence-corrected chi connectivity index (χ2v) is 6.33. The molecule has 1 heterocycles. The molecule has 1 aromatic rings. The van der Waals surface area contributed by atoms with Crippen molar-refractivity contribution in [3.05, 3.63) is 29.8 Å². The summed E-state index contributed by atoms with van der Waals surface area (Å²) in [5.41, 5.74) is 0.953. The van der Waals surface area contributed by atoms with Crippen molar-refractivity contribution in [3.8, 4) is 0 Å². The quantitative estimate of drug-likeness (QED) is 0.628. The molecule has 0 aromatic heterocycles. The van der Waals surface area contributed by atoms with Gasteiger partial charge in [0, 0.05) is 24.8 Å². The van der Waals surface area contributed by atoms with E-state index in [-0.39, 0.29) is 35.9 Å². The monoisotopic (exact) mass is 273 g/mol. The highest BCUT2D eigenvalue weighted by atomic mass is 16.2. The van der Waals surface area contributed by atoms with Gasteiger partial charge in [0.2, 0.25) is 11.8 Å². The number of carbonyl (C=O) groups excluding carboxylic acids is 3. The first kappa shape index (κ1) is 14.4. The zero-order chi connectivity index (χ0) is 14.9. The molecule has 0 spiro atoms. The number of rotatable bonds is 3. The molecule has 1 fully saturated rings. The molecule has 4 nitrogen and oxygen atoms in total. The van der Waals surface area contributed by atoms with E-state index in [4.69, 9.17) is 0 Å². The summed E-state index contributed by atoms with van der Waals surface area (Å²) < 4.78 is 0. The summed E-state index contributed by atoms with van der Waals surface area (Å²) in [6, 6.07) is 6.76. The van der Waals surface area contributed by atoms with Gasteiger partial charge in [-0.05, 0) is 17.5 Å². The fourth-order valence-electron chi connectivity index (χ4n) is 2.27. The Kier molecular flexibility index (Phi) is 3.75. The van der Waals surface area contributed by atoms with Gasteiger partial charge in [0.05, 0.1) is 5.69 Å². The van der Waals surface area contributed by atoms with Crippen molar-refractivity contribution in [3.63, 3.8) is 0 Å². The van der Waals surface area contributed by atoms with Crippen LogP contribution in [0.2, 0.25) is 0 Å². The Bertz CT molecular complexity index is 553. The average molecular weight is 273 g/mol. The number of nitrogens with zero attached hydrogens (tertiary/aromatic N) is 1. The molecule has 1 aliphatic rings. The Morgan fingerprint density at radius 1 is 1.15 bits per heavy atom. The van der Waals surface area contributed by atoms with Crippen LogP contribution in [-0.2, 0) is 9.59 Å². The van der Waals surface area contributed by atoms with Crippen LogP contribution < -0.4 is 4.90 Å². The van der Waals surface area contributed by atoms with E-state index >= 15 is 0 Å². The van der Waals surface area contributed by atoms with Crippen LogP contribution in [0.1, 0.15) is 50.4 Å². The van der Waals surface area contributed by atoms with Gasteiger partial charge < -0.3 is 0 Å². The van der Waals surface area contributed by atoms with E-state index in [0.29, 0.717) is 17.7 Å². The Balaban J connectivity index is 2.26. The van der Waals surface area contributed by atoms with Gasteiger partial charge >= 0.3 is 0 Å². The van der Waals surface area contributed by atoms with Crippen LogP contribution in [-0.4, -0.2) is 17.6 Å². The van der Waals surface area contributed by atoms with Gasteiger partial charge in [-0.1, -0.05) is 32.9 Å². The van der Waals surface area contributed by atoms with Crippen molar-refractivity contribution >= 4 is 23.3 Å².